The van der Waals surface area contributed by atoms with Crippen LogP contribution in [0.3, 0.4) is 0 Å². The Kier molecular flexibility index (Phi) is 5.74. The second kappa shape index (κ2) is 7.78. The number of rotatable bonds is 5. The van der Waals surface area contributed by atoms with Crippen molar-refractivity contribution in [1.82, 2.24) is 15.3 Å². The number of carbonyl (C=O) groups excluding carboxylic acids is 1. The lowest BCUT2D eigenvalue weighted by Crippen LogP contribution is -2.35. The van der Waals surface area contributed by atoms with Crippen LogP contribution in [0.4, 0.5) is 21.0 Å². The zero-order valence-corrected chi connectivity index (χ0v) is 14.5. The molecule has 0 spiro atoms. The minimum atomic E-state index is -0.552. The predicted octanol–water partition coefficient (Wildman–Crippen LogP) is 2.80. The van der Waals surface area contributed by atoms with E-state index < -0.39 is 11.7 Å². The number of hydrogen-bond acceptors (Lipinski definition) is 6. The van der Waals surface area contributed by atoms with E-state index in [0.717, 1.165) is 0 Å². The van der Waals surface area contributed by atoms with Gasteiger partial charge in [-0.1, -0.05) is 12.1 Å². The van der Waals surface area contributed by atoms with Gasteiger partial charge in [-0.05, 0) is 38.5 Å². The smallest absolute Gasteiger partial charge is 0.407 e. The van der Waals surface area contributed by atoms with Gasteiger partial charge in [0, 0.05) is 24.8 Å². The summed E-state index contributed by atoms with van der Waals surface area (Å²) in [6.07, 6.45) is 1.03. The van der Waals surface area contributed by atoms with E-state index in [1.165, 1.54) is 18.3 Å². The van der Waals surface area contributed by atoms with E-state index in [-0.39, 0.29) is 11.8 Å². The molecule has 0 aliphatic rings. The van der Waals surface area contributed by atoms with Crippen LogP contribution in [0.2, 0.25) is 0 Å². The first kappa shape index (κ1) is 18.4. The molecule has 0 aliphatic carbocycles. The molecule has 25 heavy (non-hydrogen) atoms. The number of ether oxygens (including phenoxy) is 1. The van der Waals surface area contributed by atoms with Crippen molar-refractivity contribution in [2.45, 2.75) is 26.4 Å². The summed E-state index contributed by atoms with van der Waals surface area (Å²) in [4.78, 5) is 19.7. The van der Waals surface area contributed by atoms with Gasteiger partial charge in [-0.25, -0.2) is 14.2 Å². The fourth-order valence-electron chi connectivity index (χ4n) is 2.06. The minimum absolute atomic E-state index is 0.0998. The maximum absolute atomic E-state index is 13.4. The first-order valence-electron chi connectivity index (χ1n) is 7.84. The standard InChI is InChI=1S/C17H22FN5O2/c1-17(2,3)25-16(24)21-8-7-20-14-13(10-22-15(19)23-14)11-5-4-6-12(18)9-11/h4-6,9-10H,7-8H2,1-3H3,(H,21,24)(H3,19,20,22,23). The van der Waals surface area contributed by atoms with E-state index in [1.807, 2.05) is 0 Å². The number of nitrogens with one attached hydrogen (secondary N) is 2. The zero-order valence-electron chi connectivity index (χ0n) is 14.5. The number of nitrogen functional groups attached to an aromatic ring is 1. The average Bonchev–Trinajstić information content (AvgIpc) is 2.50. The molecule has 1 heterocycles. The van der Waals surface area contributed by atoms with Gasteiger partial charge in [0.2, 0.25) is 5.95 Å². The third kappa shape index (κ3) is 5.91. The van der Waals surface area contributed by atoms with Crippen LogP contribution in [-0.2, 0) is 4.74 Å². The largest absolute Gasteiger partial charge is 0.444 e. The van der Waals surface area contributed by atoms with Crippen LogP contribution < -0.4 is 16.4 Å². The Balaban J connectivity index is 2.00. The molecule has 8 heteroatoms. The number of anilines is 2. The van der Waals surface area contributed by atoms with Crippen LogP contribution in [0.5, 0.6) is 0 Å². The predicted molar refractivity (Wildman–Crippen MR) is 94.6 cm³/mol. The van der Waals surface area contributed by atoms with Gasteiger partial charge < -0.3 is 21.1 Å². The first-order chi connectivity index (χ1) is 11.7. The number of aromatic nitrogens is 2. The molecule has 4 N–H and O–H groups in total. The highest BCUT2D eigenvalue weighted by Crippen LogP contribution is 2.26. The first-order valence-corrected chi connectivity index (χ1v) is 7.84. The van der Waals surface area contributed by atoms with Gasteiger partial charge >= 0.3 is 6.09 Å². The highest BCUT2D eigenvalue weighted by Gasteiger charge is 2.15. The summed E-state index contributed by atoms with van der Waals surface area (Å²) >= 11 is 0. The third-order valence-corrected chi connectivity index (χ3v) is 3.03. The molecule has 0 saturated carbocycles. The average molecular weight is 347 g/mol. The van der Waals surface area contributed by atoms with Crippen LogP contribution in [0.25, 0.3) is 11.1 Å². The number of benzene rings is 1. The molecule has 7 nitrogen and oxygen atoms in total. The molecule has 0 aliphatic heterocycles. The number of nitrogens with zero attached hydrogens (tertiary/aromatic N) is 2. The molecule has 1 aromatic carbocycles. The fourth-order valence-corrected chi connectivity index (χ4v) is 2.06. The molecule has 134 valence electrons. The van der Waals surface area contributed by atoms with Gasteiger partial charge in [0.15, 0.2) is 0 Å². The molecular formula is C17H22FN5O2. The summed E-state index contributed by atoms with van der Waals surface area (Å²) < 4.78 is 18.6. The van der Waals surface area contributed by atoms with Crippen molar-refractivity contribution in [2.24, 2.45) is 0 Å². The van der Waals surface area contributed by atoms with Crippen LogP contribution in [0, 0.1) is 5.82 Å². The molecule has 0 atom stereocenters. The Labute approximate surface area is 145 Å². The summed E-state index contributed by atoms with van der Waals surface area (Å²) in [7, 11) is 0. The van der Waals surface area contributed by atoms with Crippen LogP contribution >= 0.6 is 0 Å². The maximum Gasteiger partial charge on any atom is 0.407 e. The van der Waals surface area contributed by atoms with E-state index in [0.29, 0.717) is 30.0 Å². The van der Waals surface area contributed by atoms with E-state index in [9.17, 15) is 9.18 Å². The topological polar surface area (TPSA) is 102 Å². The highest BCUT2D eigenvalue weighted by molar-refractivity contribution is 5.75. The number of nitrogens with two attached hydrogens (primary N) is 1. The summed E-state index contributed by atoms with van der Waals surface area (Å²) in [5.74, 6) is 0.207. The summed E-state index contributed by atoms with van der Waals surface area (Å²) in [6, 6.07) is 6.11. The molecule has 0 radical (unpaired) electrons. The lowest BCUT2D eigenvalue weighted by molar-refractivity contribution is 0.0530. The molecule has 0 saturated heterocycles. The fraction of sp³-hybridized carbons (Fsp3) is 0.353. The van der Waals surface area contributed by atoms with Crippen molar-refractivity contribution in [3.8, 4) is 11.1 Å². The van der Waals surface area contributed by atoms with Gasteiger partial charge in [0.05, 0.1) is 0 Å². The Morgan fingerprint density at radius 1 is 1.32 bits per heavy atom. The van der Waals surface area contributed by atoms with Crippen LogP contribution in [-0.4, -0.2) is 34.8 Å². The third-order valence-electron chi connectivity index (χ3n) is 3.03. The Morgan fingerprint density at radius 3 is 2.76 bits per heavy atom. The van der Waals surface area contributed by atoms with Crippen molar-refractivity contribution in [1.29, 1.82) is 0 Å². The van der Waals surface area contributed by atoms with Crippen LogP contribution in [0.1, 0.15) is 20.8 Å². The van der Waals surface area contributed by atoms with Gasteiger partial charge in [-0.15, -0.1) is 0 Å². The molecule has 0 unspecified atom stereocenters. The second-order valence-electron chi connectivity index (χ2n) is 6.36. The number of carbonyl (C=O) groups is 1. The number of amides is 1. The molecule has 2 aromatic rings. The number of halogens is 1. The molecule has 0 fully saturated rings. The summed E-state index contributed by atoms with van der Waals surface area (Å²) in [5, 5.41) is 5.70. The quantitative estimate of drug-likeness (QED) is 0.719. The monoisotopic (exact) mass is 347 g/mol. The van der Waals surface area contributed by atoms with E-state index in [4.69, 9.17) is 10.5 Å². The molecule has 2 rings (SSSR count). The Morgan fingerprint density at radius 2 is 2.08 bits per heavy atom. The normalized spacial score (nSPS) is 11.0. The van der Waals surface area contributed by atoms with E-state index >= 15 is 0 Å². The van der Waals surface area contributed by atoms with E-state index in [2.05, 4.69) is 20.6 Å². The lowest BCUT2D eigenvalue weighted by Gasteiger charge is -2.19. The highest BCUT2D eigenvalue weighted by atomic mass is 19.1. The SMILES string of the molecule is CC(C)(C)OC(=O)NCCNc1nc(N)ncc1-c1cccc(F)c1. The zero-order chi connectivity index (χ0) is 18.4. The summed E-state index contributed by atoms with van der Waals surface area (Å²) in [5.41, 5.74) is 6.32. The lowest BCUT2D eigenvalue weighted by atomic mass is 10.1. The molecule has 1 aromatic heterocycles. The molecular weight excluding hydrogens is 325 g/mol. The van der Waals surface area contributed by atoms with Crippen molar-refractivity contribution in [3.63, 3.8) is 0 Å². The number of alkyl carbamates (subject to hydrolysis) is 1. The second-order valence-corrected chi connectivity index (χ2v) is 6.36. The molecule has 0 bridgehead atoms. The van der Waals surface area contributed by atoms with Gasteiger partial charge in [0.25, 0.3) is 0 Å². The Hall–Kier alpha value is -2.90. The minimum Gasteiger partial charge on any atom is -0.444 e. The van der Waals surface area contributed by atoms with Crippen molar-refractivity contribution < 1.29 is 13.9 Å². The van der Waals surface area contributed by atoms with E-state index in [1.54, 1.807) is 32.9 Å². The van der Waals surface area contributed by atoms with Crippen molar-refractivity contribution in [2.75, 3.05) is 24.1 Å². The van der Waals surface area contributed by atoms with Crippen molar-refractivity contribution >= 4 is 17.9 Å². The van der Waals surface area contributed by atoms with Gasteiger partial charge in [-0.2, -0.15) is 4.98 Å². The maximum atomic E-state index is 13.4. The van der Waals surface area contributed by atoms with Gasteiger partial charge in [0.1, 0.15) is 17.2 Å². The Bertz CT molecular complexity index is 746. The van der Waals surface area contributed by atoms with Crippen molar-refractivity contribution in [3.05, 3.63) is 36.3 Å². The van der Waals surface area contributed by atoms with Gasteiger partial charge in [-0.3, -0.25) is 0 Å². The summed E-state index contributed by atoms with van der Waals surface area (Å²) in [6.45, 7) is 6.08. The molecule has 1 amide bonds. The number of hydrogen-bond donors (Lipinski definition) is 3. The van der Waals surface area contributed by atoms with Crippen LogP contribution in [0.15, 0.2) is 30.5 Å².